The molecule has 0 bridgehead atoms. The zero-order chi connectivity index (χ0) is 12.5. The number of carboxylic acid groups (broad SMARTS) is 1. The zero-order valence-electron chi connectivity index (χ0n) is 10.5. The molecule has 17 heavy (non-hydrogen) atoms. The molecule has 2 N–H and O–H groups in total. The van der Waals surface area contributed by atoms with E-state index in [0.29, 0.717) is 12.5 Å². The average Bonchev–Trinajstić information content (AvgIpc) is 2.80. The number of aliphatic carboxylic acids is 1. The van der Waals surface area contributed by atoms with Crippen LogP contribution in [0, 0.1) is 0 Å². The van der Waals surface area contributed by atoms with Gasteiger partial charge >= 0.3 is 5.97 Å². The predicted molar refractivity (Wildman–Crippen MR) is 70.6 cm³/mol. The summed E-state index contributed by atoms with van der Waals surface area (Å²) in [6.07, 6.45) is 4.37. The van der Waals surface area contributed by atoms with Gasteiger partial charge in [0.25, 0.3) is 0 Å². The highest BCUT2D eigenvalue weighted by atomic mass is 32.2. The summed E-state index contributed by atoms with van der Waals surface area (Å²) in [6, 6.07) is -0.396. The Morgan fingerprint density at radius 1 is 1.65 bits per heavy atom. The van der Waals surface area contributed by atoms with Crippen molar-refractivity contribution in [3.8, 4) is 0 Å². The van der Waals surface area contributed by atoms with Gasteiger partial charge in [0, 0.05) is 12.4 Å². The molecule has 0 aromatic rings. The topological polar surface area (TPSA) is 58.6 Å². The van der Waals surface area contributed by atoms with Crippen molar-refractivity contribution < 1.29 is 14.6 Å². The van der Waals surface area contributed by atoms with Gasteiger partial charge in [0.1, 0.15) is 6.04 Å². The molecule has 1 heterocycles. The van der Waals surface area contributed by atoms with Gasteiger partial charge in [0.05, 0.1) is 6.10 Å². The van der Waals surface area contributed by atoms with E-state index in [4.69, 9.17) is 9.84 Å². The first-order chi connectivity index (χ1) is 8.24. The Kier molecular flexibility index (Phi) is 7.64. The van der Waals surface area contributed by atoms with Crippen LogP contribution in [-0.2, 0) is 9.53 Å². The standard InChI is InChI=1S/C12H23NO3S/c1-2-6-13-11(12(14)15)5-8-17-9-10-4-3-7-16-10/h10-11,13H,2-9H2,1H3,(H,14,15). The highest BCUT2D eigenvalue weighted by molar-refractivity contribution is 7.99. The monoisotopic (exact) mass is 261 g/mol. The van der Waals surface area contributed by atoms with Crippen LogP contribution in [0.3, 0.4) is 0 Å². The van der Waals surface area contributed by atoms with Crippen molar-refractivity contribution in [3.05, 3.63) is 0 Å². The summed E-state index contributed by atoms with van der Waals surface area (Å²) in [5, 5.41) is 12.1. The van der Waals surface area contributed by atoms with Crippen LogP contribution < -0.4 is 5.32 Å². The van der Waals surface area contributed by atoms with E-state index in [1.54, 1.807) is 11.8 Å². The molecule has 0 aromatic heterocycles. The minimum absolute atomic E-state index is 0.395. The maximum Gasteiger partial charge on any atom is 0.320 e. The number of nitrogens with one attached hydrogen (secondary N) is 1. The molecule has 4 nitrogen and oxygen atoms in total. The fourth-order valence-corrected chi connectivity index (χ4v) is 2.92. The minimum Gasteiger partial charge on any atom is -0.480 e. The molecule has 1 rings (SSSR count). The number of rotatable bonds is 9. The molecule has 1 aliphatic heterocycles. The van der Waals surface area contributed by atoms with E-state index in [2.05, 4.69) is 5.32 Å². The molecule has 1 aliphatic rings. The predicted octanol–water partition coefficient (Wildman–Crippen LogP) is 1.74. The third kappa shape index (κ3) is 6.29. The lowest BCUT2D eigenvalue weighted by atomic mass is 10.2. The lowest BCUT2D eigenvalue weighted by Gasteiger charge is -2.14. The summed E-state index contributed by atoms with van der Waals surface area (Å²) in [5.41, 5.74) is 0. The van der Waals surface area contributed by atoms with Crippen LogP contribution in [0.5, 0.6) is 0 Å². The van der Waals surface area contributed by atoms with Gasteiger partial charge in [-0.1, -0.05) is 6.92 Å². The van der Waals surface area contributed by atoms with Crippen molar-refractivity contribution in [2.45, 2.75) is 44.8 Å². The van der Waals surface area contributed by atoms with Gasteiger partial charge in [-0.15, -0.1) is 0 Å². The highest BCUT2D eigenvalue weighted by Gasteiger charge is 2.18. The number of ether oxygens (including phenoxy) is 1. The van der Waals surface area contributed by atoms with Crippen molar-refractivity contribution in [2.75, 3.05) is 24.7 Å². The number of carbonyl (C=O) groups is 1. The normalized spacial score (nSPS) is 21.6. The Balaban J connectivity index is 2.06. The van der Waals surface area contributed by atoms with Gasteiger partial charge in [0.2, 0.25) is 0 Å². The number of hydrogen-bond donors (Lipinski definition) is 2. The SMILES string of the molecule is CCCNC(CCSCC1CCCO1)C(=O)O. The van der Waals surface area contributed by atoms with Crippen molar-refractivity contribution >= 4 is 17.7 Å². The Labute approximate surface area is 107 Å². The molecule has 0 radical (unpaired) electrons. The Morgan fingerprint density at radius 3 is 3.06 bits per heavy atom. The lowest BCUT2D eigenvalue weighted by Crippen LogP contribution is -2.37. The van der Waals surface area contributed by atoms with Crippen LogP contribution >= 0.6 is 11.8 Å². The summed E-state index contributed by atoms with van der Waals surface area (Å²) in [7, 11) is 0. The maximum atomic E-state index is 11.0. The summed E-state index contributed by atoms with van der Waals surface area (Å²) in [5.74, 6) is 1.14. The van der Waals surface area contributed by atoms with Gasteiger partial charge in [-0.25, -0.2) is 0 Å². The first-order valence-electron chi connectivity index (χ1n) is 6.39. The Bertz CT molecular complexity index is 220. The minimum atomic E-state index is -0.740. The van der Waals surface area contributed by atoms with Crippen LogP contribution in [0.15, 0.2) is 0 Å². The largest absolute Gasteiger partial charge is 0.480 e. The number of carboxylic acids is 1. The van der Waals surface area contributed by atoms with Crippen LogP contribution in [0.2, 0.25) is 0 Å². The van der Waals surface area contributed by atoms with Crippen LogP contribution in [0.25, 0.3) is 0 Å². The Morgan fingerprint density at radius 2 is 2.47 bits per heavy atom. The third-order valence-electron chi connectivity index (χ3n) is 2.82. The molecule has 5 heteroatoms. The van der Waals surface area contributed by atoms with E-state index in [-0.39, 0.29) is 0 Å². The lowest BCUT2D eigenvalue weighted by molar-refractivity contribution is -0.139. The molecule has 1 saturated heterocycles. The second kappa shape index (κ2) is 8.78. The average molecular weight is 261 g/mol. The molecular formula is C12H23NO3S. The number of thioether (sulfide) groups is 1. The van der Waals surface area contributed by atoms with Crippen molar-refractivity contribution in [2.24, 2.45) is 0 Å². The van der Waals surface area contributed by atoms with E-state index >= 15 is 0 Å². The van der Waals surface area contributed by atoms with E-state index < -0.39 is 12.0 Å². The second-order valence-corrected chi connectivity index (χ2v) is 5.49. The quantitative estimate of drug-likeness (QED) is 0.619. The fourth-order valence-electron chi connectivity index (χ4n) is 1.82. The van der Waals surface area contributed by atoms with Crippen molar-refractivity contribution in [1.82, 2.24) is 5.32 Å². The molecule has 100 valence electrons. The first kappa shape index (κ1) is 14.8. The molecular weight excluding hydrogens is 238 g/mol. The van der Waals surface area contributed by atoms with Gasteiger partial charge in [-0.05, 0) is 38.0 Å². The zero-order valence-corrected chi connectivity index (χ0v) is 11.3. The molecule has 0 saturated carbocycles. The van der Waals surface area contributed by atoms with Crippen LogP contribution in [-0.4, -0.2) is 47.9 Å². The molecule has 1 fully saturated rings. The number of hydrogen-bond acceptors (Lipinski definition) is 4. The van der Waals surface area contributed by atoms with E-state index in [0.717, 1.165) is 37.5 Å². The summed E-state index contributed by atoms with van der Waals surface area (Å²) >= 11 is 1.80. The van der Waals surface area contributed by atoms with Gasteiger partial charge < -0.3 is 15.2 Å². The van der Waals surface area contributed by atoms with Gasteiger partial charge in [0.15, 0.2) is 0 Å². The van der Waals surface area contributed by atoms with Gasteiger partial charge in [-0.3, -0.25) is 4.79 Å². The van der Waals surface area contributed by atoms with Crippen LogP contribution in [0.4, 0.5) is 0 Å². The third-order valence-corrected chi connectivity index (χ3v) is 3.95. The van der Waals surface area contributed by atoms with E-state index in [9.17, 15) is 4.79 Å². The second-order valence-electron chi connectivity index (χ2n) is 4.34. The molecule has 0 aromatic carbocycles. The highest BCUT2D eigenvalue weighted by Crippen LogP contribution is 2.17. The van der Waals surface area contributed by atoms with Crippen molar-refractivity contribution in [1.29, 1.82) is 0 Å². The molecule has 2 atom stereocenters. The summed E-state index contributed by atoms with van der Waals surface area (Å²) < 4.78 is 5.52. The maximum absolute atomic E-state index is 11.0. The van der Waals surface area contributed by atoms with Crippen LogP contribution in [0.1, 0.15) is 32.6 Å². The van der Waals surface area contributed by atoms with Gasteiger partial charge in [-0.2, -0.15) is 11.8 Å². The molecule has 0 spiro atoms. The Hall–Kier alpha value is -0.260. The fraction of sp³-hybridized carbons (Fsp3) is 0.917. The molecule has 0 amide bonds. The molecule has 0 aliphatic carbocycles. The summed E-state index contributed by atoms with van der Waals surface area (Å²) in [4.78, 5) is 11.0. The van der Waals surface area contributed by atoms with Crippen molar-refractivity contribution in [3.63, 3.8) is 0 Å². The smallest absolute Gasteiger partial charge is 0.320 e. The van der Waals surface area contributed by atoms with E-state index in [1.165, 1.54) is 6.42 Å². The van der Waals surface area contributed by atoms with E-state index in [1.807, 2.05) is 6.92 Å². The first-order valence-corrected chi connectivity index (χ1v) is 7.55. The molecule has 2 unspecified atom stereocenters. The summed E-state index contributed by atoms with van der Waals surface area (Å²) in [6.45, 7) is 3.70.